The van der Waals surface area contributed by atoms with Crippen molar-refractivity contribution >= 4 is 0 Å². The molecule has 240 valence electrons. The van der Waals surface area contributed by atoms with E-state index in [4.69, 9.17) is 0 Å². The third kappa shape index (κ3) is 6.01. The lowest BCUT2D eigenvalue weighted by Crippen LogP contribution is -2.51. The van der Waals surface area contributed by atoms with Crippen LogP contribution in [0.4, 0.5) is 26.3 Å². The van der Waals surface area contributed by atoms with Crippen LogP contribution in [0.2, 0.25) is 0 Å². The average Bonchev–Trinajstić information content (AvgIpc) is 3.51. The second kappa shape index (κ2) is 11.7. The molecule has 0 aromatic rings. The van der Waals surface area contributed by atoms with Gasteiger partial charge in [0.15, 0.2) is 0 Å². The van der Waals surface area contributed by atoms with Crippen molar-refractivity contribution in [3.05, 3.63) is 47.7 Å². The maximum absolute atomic E-state index is 14.5. The zero-order chi connectivity index (χ0) is 30.7. The summed E-state index contributed by atoms with van der Waals surface area (Å²) in [6.45, 7) is 6.95. The first-order chi connectivity index (χ1) is 20.3. The normalized spacial score (nSPS) is 33.1. The van der Waals surface area contributed by atoms with E-state index in [0.29, 0.717) is 42.1 Å². The van der Waals surface area contributed by atoms with E-state index < -0.39 is 29.9 Å². The third-order valence-electron chi connectivity index (χ3n) is 11.0. The first-order valence-corrected chi connectivity index (χ1v) is 15.8. The summed E-state index contributed by atoms with van der Waals surface area (Å²) in [5, 5.41) is 0. The highest BCUT2D eigenvalue weighted by molar-refractivity contribution is 5.50. The Bertz CT molecular complexity index is 1160. The van der Waals surface area contributed by atoms with Gasteiger partial charge in [0.25, 0.3) is 0 Å². The summed E-state index contributed by atoms with van der Waals surface area (Å²) in [7, 11) is 2.12. The van der Waals surface area contributed by atoms with Gasteiger partial charge >= 0.3 is 12.4 Å². The van der Waals surface area contributed by atoms with Crippen LogP contribution in [0.3, 0.4) is 0 Å². The fourth-order valence-corrected chi connectivity index (χ4v) is 8.31. The molecule has 5 unspecified atom stereocenters. The van der Waals surface area contributed by atoms with Crippen molar-refractivity contribution in [3.8, 4) is 0 Å². The third-order valence-corrected chi connectivity index (χ3v) is 11.0. The van der Waals surface area contributed by atoms with E-state index in [0.717, 1.165) is 38.4 Å². The molecule has 2 N–H and O–H groups in total. The Balaban J connectivity index is 1.23. The number of hydrogen-bond donors (Lipinski definition) is 2. The van der Waals surface area contributed by atoms with E-state index >= 15 is 0 Å². The standard InChI is InChI=1S/C31H44F6N6/c1-19(41-12-6-10-24(16-41)30(32,33)34)23-14-26(31(35,36)37)27-17-42(20(2)43(27)15-23)25-11-5-9-22(13-25)28(21-7-4-8-21)29-39-38-18-40(29)3/h14-15,17,19,21-22,24-25,28-29,38-39H,2,4-13,16,18H2,1,3H3/t19?,22-,24?,25?,28?,29?/m0/s1. The van der Waals surface area contributed by atoms with E-state index in [1.165, 1.54) is 24.2 Å². The van der Waals surface area contributed by atoms with Crippen molar-refractivity contribution in [2.75, 3.05) is 26.8 Å². The van der Waals surface area contributed by atoms with Gasteiger partial charge in [0.1, 0.15) is 5.82 Å². The largest absolute Gasteiger partial charge is 0.418 e. The van der Waals surface area contributed by atoms with Gasteiger partial charge in [0, 0.05) is 31.0 Å². The lowest BCUT2D eigenvalue weighted by Gasteiger charge is -2.47. The highest BCUT2D eigenvalue weighted by atomic mass is 19.4. The summed E-state index contributed by atoms with van der Waals surface area (Å²) >= 11 is 0. The summed E-state index contributed by atoms with van der Waals surface area (Å²) in [6, 6.07) is -0.567. The molecule has 0 aromatic carbocycles. The van der Waals surface area contributed by atoms with Gasteiger partial charge in [-0.3, -0.25) is 9.80 Å². The van der Waals surface area contributed by atoms with Crippen molar-refractivity contribution in [3.63, 3.8) is 0 Å². The molecular weight excluding hydrogens is 570 g/mol. The van der Waals surface area contributed by atoms with Crippen LogP contribution in [0.15, 0.2) is 47.7 Å². The smallest absolute Gasteiger partial charge is 0.329 e. The molecule has 4 heterocycles. The van der Waals surface area contributed by atoms with Crippen LogP contribution in [0, 0.1) is 23.7 Å². The summed E-state index contributed by atoms with van der Waals surface area (Å²) in [5.74, 6) is 0.561. The Morgan fingerprint density at radius 3 is 2.30 bits per heavy atom. The van der Waals surface area contributed by atoms with Gasteiger partial charge in [0.05, 0.1) is 30.0 Å². The second-order valence-corrected chi connectivity index (χ2v) is 13.5. The Morgan fingerprint density at radius 1 is 0.953 bits per heavy atom. The van der Waals surface area contributed by atoms with Crippen LogP contribution in [0.25, 0.3) is 0 Å². The number of allylic oxidation sites excluding steroid dienone is 1. The van der Waals surface area contributed by atoms with Crippen LogP contribution in [0.5, 0.6) is 0 Å². The molecule has 4 fully saturated rings. The van der Waals surface area contributed by atoms with Gasteiger partial charge in [-0.25, -0.2) is 10.9 Å². The van der Waals surface area contributed by atoms with Gasteiger partial charge in [-0.15, -0.1) is 0 Å². The van der Waals surface area contributed by atoms with Crippen molar-refractivity contribution in [1.82, 2.24) is 30.5 Å². The molecule has 0 radical (unpaired) electrons. The van der Waals surface area contributed by atoms with Crippen LogP contribution < -0.4 is 10.9 Å². The van der Waals surface area contributed by atoms with Crippen molar-refractivity contribution in [2.24, 2.45) is 23.7 Å². The fourth-order valence-electron chi connectivity index (χ4n) is 8.31. The number of alkyl halides is 6. The van der Waals surface area contributed by atoms with Crippen molar-refractivity contribution in [1.29, 1.82) is 0 Å². The molecule has 4 aliphatic heterocycles. The summed E-state index contributed by atoms with van der Waals surface area (Å²) in [4.78, 5) is 7.44. The van der Waals surface area contributed by atoms with E-state index in [2.05, 4.69) is 29.4 Å². The zero-order valence-corrected chi connectivity index (χ0v) is 25.0. The van der Waals surface area contributed by atoms with Crippen molar-refractivity contribution < 1.29 is 26.3 Å². The SMILES string of the molecule is C=C1N2C=C(C(C)N3CCCC(C(F)(F)F)C3)C=C(C(F)(F)F)C2=CN1C1CCC[C@H](C(C2CCC2)C2NNCN2C)C1. The minimum atomic E-state index is -4.62. The second-order valence-electron chi connectivity index (χ2n) is 13.5. The Labute approximate surface area is 250 Å². The lowest BCUT2D eigenvalue weighted by molar-refractivity contribution is -0.187. The highest BCUT2D eigenvalue weighted by Crippen LogP contribution is 2.49. The molecule has 0 amide bonds. The Kier molecular flexibility index (Phi) is 8.45. The maximum atomic E-state index is 14.5. The summed E-state index contributed by atoms with van der Waals surface area (Å²) < 4.78 is 84.0. The summed E-state index contributed by atoms with van der Waals surface area (Å²) in [5.41, 5.74) is 6.38. The lowest BCUT2D eigenvalue weighted by atomic mass is 9.65. The molecule has 6 aliphatic rings. The highest BCUT2D eigenvalue weighted by Gasteiger charge is 2.48. The number of piperidine rings is 1. The Morgan fingerprint density at radius 2 is 1.67 bits per heavy atom. The van der Waals surface area contributed by atoms with Gasteiger partial charge in [-0.05, 0) is 82.0 Å². The number of hydrogen-bond acceptors (Lipinski definition) is 6. The molecule has 12 heteroatoms. The van der Waals surface area contributed by atoms with Crippen LogP contribution in [0.1, 0.15) is 64.7 Å². The van der Waals surface area contributed by atoms with E-state index in [1.807, 2.05) is 4.90 Å². The van der Waals surface area contributed by atoms with Gasteiger partial charge < -0.3 is 9.80 Å². The first kappa shape index (κ1) is 31.0. The van der Waals surface area contributed by atoms with Crippen LogP contribution in [-0.2, 0) is 0 Å². The molecular formula is C31H44F6N6. The van der Waals surface area contributed by atoms with E-state index in [1.54, 1.807) is 24.2 Å². The average molecular weight is 615 g/mol. The monoisotopic (exact) mass is 614 g/mol. The molecule has 6 rings (SSSR count). The van der Waals surface area contributed by atoms with E-state index in [-0.39, 0.29) is 30.9 Å². The molecule has 0 bridgehead atoms. The van der Waals surface area contributed by atoms with Crippen LogP contribution >= 0.6 is 0 Å². The number of rotatable bonds is 6. The van der Waals surface area contributed by atoms with Crippen LogP contribution in [-0.4, -0.2) is 77.0 Å². The summed E-state index contributed by atoms with van der Waals surface area (Å²) in [6.07, 6.45) is 3.66. The van der Waals surface area contributed by atoms with Gasteiger partial charge in [-0.1, -0.05) is 32.3 Å². The first-order valence-electron chi connectivity index (χ1n) is 15.8. The topological polar surface area (TPSA) is 37.0 Å². The predicted molar refractivity (Wildman–Crippen MR) is 152 cm³/mol. The number of fused-ring (bicyclic) bond motifs is 1. The predicted octanol–water partition coefficient (Wildman–Crippen LogP) is 6.26. The molecule has 43 heavy (non-hydrogen) atoms. The molecule has 2 saturated carbocycles. The molecule has 0 spiro atoms. The van der Waals surface area contributed by atoms with Gasteiger partial charge in [-0.2, -0.15) is 26.3 Å². The molecule has 6 nitrogen and oxygen atoms in total. The molecule has 2 aliphatic carbocycles. The maximum Gasteiger partial charge on any atom is 0.418 e. The number of nitrogens with zero attached hydrogens (tertiary/aromatic N) is 4. The zero-order valence-electron chi connectivity index (χ0n) is 25.0. The molecule has 0 aromatic heterocycles. The van der Waals surface area contributed by atoms with Crippen molar-refractivity contribution in [2.45, 2.75) is 95.3 Å². The minimum Gasteiger partial charge on any atom is -0.329 e. The molecule has 6 atom stereocenters. The fraction of sp³-hybridized carbons (Fsp3) is 0.742. The number of halogens is 6. The quantitative estimate of drug-likeness (QED) is 0.344. The molecule has 2 saturated heterocycles. The number of hydrazine groups is 1. The number of nitrogens with one attached hydrogen (secondary N) is 2. The van der Waals surface area contributed by atoms with Gasteiger partial charge in [0.2, 0.25) is 0 Å². The number of likely N-dealkylation sites (tertiary alicyclic amines) is 1. The minimum absolute atomic E-state index is 0.0324. The Hall–Kier alpha value is -2.02. The van der Waals surface area contributed by atoms with E-state index in [9.17, 15) is 26.3 Å².